The number of nitrogens with one attached hydrogen (secondary N) is 1. The number of ether oxygens (including phenoxy) is 1. The Balaban J connectivity index is 2.33. The van der Waals surface area contributed by atoms with Crippen molar-refractivity contribution in [3.05, 3.63) is 0 Å². The van der Waals surface area contributed by atoms with Crippen LogP contribution < -0.4 is 5.32 Å². The van der Waals surface area contributed by atoms with E-state index in [1.165, 1.54) is 0 Å². The molecule has 2 atom stereocenters. The van der Waals surface area contributed by atoms with Crippen LogP contribution in [0.25, 0.3) is 0 Å². The van der Waals surface area contributed by atoms with E-state index in [0.717, 1.165) is 0 Å². The Kier molecular flexibility index (Phi) is 2.24. The fourth-order valence-electron chi connectivity index (χ4n) is 0.845. The molecule has 0 aromatic rings. The van der Waals surface area contributed by atoms with E-state index in [1.54, 1.807) is 0 Å². The van der Waals surface area contributed by atoms with E-state index in [2.05, 4.69) is 5.32 Å². The Labute approximate surface area is 59.2 Å². The predicted octanol–water partition coefficient (Wildman–Crippen LogP) is -0.552. The summed E-state index contributed by atoms with van der Waals surface area (Å²) in [6, 6.07) is -0.517. The Hall–Kier alpha value is -0.610. The van der Waals surface area contributed by atoms with Gasteiger partial charge in [0.1, 0.15) is 6.04 Å². The highest BCUT2D eigenvalue weighted by Gasteiger charge is 2.22. The number of hydrogen-bond donors (Lipinski definition) is 2. The van der Waals surface area contributed by atoms with Gasteiger partial charge in [0.05, 0.1) is 12.7 Å². The summed E-state index contributed by atoms with van der Waals surface area (Å²) < 4.78 is 5.11. The number of rotatable bonds is 1. The minimum absolute atomic E-state index is 0.135. The zero-order valence-corrected chi connectivity index (χ0v) is 5.83. The van der Waals surface area contributed by atoms with Crippen LogP contribution in [0.4, 0.5) is 0 Å². The zero-order valence-electron chi connectivity index (χ0n) is 5.83. The molecule has 1 aliphatic rings. The van der Waals surface area contributed by atoms with Crippen molar-refractivity contribution in [3.8, 4) is 0 Å². The van der Waals surface area contributed by atoms with Gasteiger partial charge in [-0.2, -0.15) is 0 Å². The van der Waals surface area contributed by atoms with Crippen LogP contribution in [-0.4, -0.2) is 36.4 Å². The van der Waals surface area contributed by atoms with E-state index in [-0.39, 0.29) is 12.7 Å². The maximum Gasteiger partial charge on any atom is 0.323 e. The summed E-state index contributed by atoms with van der Waals surface area (Å²) in [7, 11) is 0. The number of carboxylic acid groups (broad SMARTS) is 1. The SMILES string of the molecule is C[C@@H]1CN[C@@H](C(=O)O)CO1. The van der Waals surface area contributed by atoms with Gasteiger partial charge in [-0.05, 0) is 6.92 Å². The first-order valence-corrected chi connectivity index (χ1v) is 3.28. The van der Waals surface area contributed by atoms with E-state index in [4.69, 9.17) is 9.84 Å². The fourth-order valence-corrected chi connectivity index (χ4v) is 0.845. The van der Waals surface area contributed by atoms with Crippen LogP contribution >= 0.6 is 0 Å². The summed E-state index contributed by atoms with van der Waals surface area (Å²) in [5.74, 6) is -0.841. The van der Waals surface area contributed by atoms with Crippen LogP contribution in [0.1, 0.15) is 6.92 Å². The highest BCUT2D eigenvalue weighted by molar-refractivity contribution is 5.73. The number of hydrogen-bond acceptors (Lipinski definition) is 3. The molecule has 1 rings (SSSR count). The largest absolute Gasteiger partial charge is 0.480 e. The molecule has 0 bridgehead atoms. The van der Waals surface area contributed by atoms with Crippen molar-refractivity contribution in [3.63, 3.8) is 0 Å². The molecular formula is C6H11NO3. The first kappa shape index (κ1) is 7.50. The minimum Gasteiger partial charge on any atom is -0.480 e. The van der Waals surface area contributed by atoms with Crippen molar-refractivity contribution in [2.45, 2.75) is 19.1 Å². The number of carbonyl (C=O) groups is 1. The Morgan fingerprint density at radius 2 is 2.50 bits per heavy atom. The first-order chi connectivity index (χ1) is 4.70. The van der Waals surface area contributed by atoms with Crippen LogP contribution in [-0.2, 0) is 9.53 Å². The molecule has 0 spiro atoms. The van der Waals surface area contributed by atoms with E-state index >= 15 is 0 Å². The van der Waals surface area contributed by atoms with E-state index in [9.17, 15) is 4.79 Å². The third-order valence-electron chi connectivity index (χ3n) is 1.50. The molecule has 1 saturated heterocycles. The lowest BCUT2D eigenvalue weighted by Crippen LogP contribution is -2.49. The summed E-state index contributed by atoms with van der Waals surface area (Å²) >= 11 is 0. The summed E-state index contributed by atoms with van der Waals surface area (Å²) in [6.45, 7) is 2.80. The Bertz CT molecular complexity index is 129. The van der Waals surface area contributed by atoms with Gasteiger partial charge in [-0.15, -0.1) is 0 Å². The molecule has 0 saturated carbocycles. The maximum absolute atomic E-state index is 10.3. The average Bonchev–Trinajstić information content (AvgIpc) is 1.88. The van der Waals surface area contributed by atoms with Crippen molar-refractivity contribution in [2.75, 3.05) is 13.2 Å². The predicted molar refractivity (Wildman–Crippen MR) is 34.8 cm³/mol. The van der Waals surface area contributed by atoms with Crippen molar-refractivity contribution in [2.24, 2.45) is 0 Å². The quantitative estimate of drug-likeness (QED) is 0.519. The smallest absolute Gasteiger partial charge is 0.323 e. The standard InChI is InChI=1S/C6H11NO3/c1-4-2-7-5(3-10-4)6(8)9/h4-5,7H,2-3H2,1H3,(H,8,9)/t4-,5-/m1/s1. The number of morpholine rings is 1. The first-order valence-electron chi connectivity index (χ1n) is 3.28. The lowest BCUT2D eigenvalue weighted by Gasteiger charge is -2.25. The van der Waals surface area contributed by atoms with Gasteiger partial charge in [-0.25, -0.2) is 0 Å². The summed E-state index contributed by atoms with van der Waals surface area (Å²) in [6.07, 6.45) is 0.135. The second kappa shape index (κ2) is 2.98. The molecule has 58 valence electrons. The topological polar surface area (TPSA) is 58.6 Å². The van der Waals surface area contributed by atoms with Crippen LogP contribution in [0.3, 0.4) is 0 Å². The zero-order chi connectivity index (χ0) is 7.56. The van der Waals surface area contributed by atoms with E-state index < -0.39 is 12.0 Å². The third-order valence-corrected chi connectivity index (χ3v) is 1.50. The molecule has 1 heterocycles. The van der Waals surface area contributed by atoms with Crippen molar-refractivity contribution in [1.29, 1.82) is 0 Å². The molecule has 4 heteroatoms. The van der Waals surface area contributed by atoms with Crippen molar-refractivity contribution < 1.29 is 14.6 Å². The van der Waals surface area contributed by atoms with E-state index in [1.807, 2.05) is 6.92 Å². The minimum atomic E-state index is -0.841. The van der Waals surface area contributed by atoms with Gasteiger partial charge in [0.25, 0.3) is 0 Å². The van der Waals surface area contributed by atoms with Gasteiger partial charge in [-0.3, -0.25) is 10.1 Å². The van der Waals surface area contributed by atoms with E-state index in [0.29, 0.717) is 6.54 Å². The maximum atomic E-state index is 10.3. The molecule has 2 N–H and O–H groups in total. The molecule has 1 fully saturated rings. The molecule has 0 amide bonds. The molecular weight excluding hydrogens is 134 g/mol. The summed E-state index contributed by atoms with van der Waals surface area (Å²) in [5.41, 5.74) is 0. The van der Waals surface area contributed by atoms with Crippen LogP contribution in [0.15, 0.2) is 0 Å². The molecule has 0 aliphatic carbocycles. The van der Waals surface area contributed by atoms with Gasteiger partial charge < -0.3 is 9.84 Å². The van der Waals surface area contributed by atoms with Gasteiger partial charge in [0.15, 0.2) is 0 Å². The van der Waals surface area contributed by atoms with Crippen LogP contribution in [0.2, 0.25) is 0 Å². The van der Waals surface area contributed by atoms with Gasteiger partial charge in [0, 0.05) is 6.54 Å². The second-order valence-corrected chi connectivity index (χ2v) is 2.44. The fraction of sp³-hybridized carbons (Fsp3) is 0.833. The summed E-state index contributed by atoms with van der Waals surface area (Å²) in [4.78, 5) is 10.3. The second-order valence-electron chi connectivity index (χ2n) is 2.44. The number of carboxylic acids is 1. The molecule has 0 unspecified atom stereocenters. The highest BCUT2D eigenvalue weighted by Crippen LogP contribution is 1.99. The monoisotopic (exact) mass is 145 g/mol. The molecule has 1 aliphatic heterocycles. The third kappa shape index (κ3) is 1.68. The molecule has 0 radical (unpaired) electrons. The Morgan fingerprint density at radius 1 is 1.80 bits per heavy atom. The Morgan fingerprint density at radius 3 is 2.90 bits per heavy atom. The number of aliphatic carboxylic acids is 1. The van der Waals surface area contributed by atoms with Crippen LogP contribution in [0, 0.1) is 0 Å². The van der Waals surface area contributed by atoms with Gasteiger partial charge >= 0.3 is 5.97 Å². The highest BCUT2D eigenvalue weighted by atomic mass is 16.5. The lowest BCUT2D eigenvalue weighted by molar-refractivity contribution is -0.143. The molecule has 10 heavy (non-hydrogen) atoms. The van der Waals surface area contributed by atoms with Crippen molar-refractivity contribution >= 4 is 5.97 Å². The average molecular weight is 145 g/mol. The van der Waals surface area contributed by atoms with Crippen molar-refractivity contribution in [1.82, 2.24) is 5.32 Å². The molecule has 0 aromatic carbocycles. The van der Waals surface area contributed by atoms with Crippen LogP contribution in [0.5, 0.6) is 0 Å². The lowest BCUT2D eigenvalue weighted by atomic mass is 10.2. The molecule has 0 aromatic heterocycles. The molecule has 4 nitrogen and oxygen atoms in total. The summed E-state index contributed by atoms with van der Waals surface area (Å²) in [5, 5.41) is 11.3. The van der Waals surface area contributed by atoms with Gasteiger partial charge in [0.2, 0.25) is 0 Å². The van der Waals surface area contributed by atoms with Gasteiger partial charge in [-0.1, -0.05) is 0 Å². The normalized spacial score (nSPS) is 33.7.